The molecule has 1 aromatic rings. The van der Waals surface area contributed by atoms with E-state index >= 15 is 0 Å². The third-order valence-corrected chi connectivity index (χ3v) is 3.41. The van der Waals surface area contributed by atoms with Crippen molar-refractivity contribution in [1.29, 1.82) is 0 Å². The van der Waals surface area contributed by atoms with E-state index in [4.69, 9.17) is 0 Å². The van der Waals surface area contributed by atoms with Gasteiger partial charge >= 0.3 is 0 Å². The average molecular weight is 258 g/mol. The van der Waals surface area contributed by atoms with Gasteiger partial charge in [-0.05, 0) is 13.8 Å². The second-order valence-electron chi connectivity index (χ2n) is 4.15. The Morgan fingerprint density at radius 1 is 1.57 bits per heavy atom. The first-order chi connectivity index (χ1) is 6.70. The summed E-state index contributed by atoms with van der Waals surface area (Å²) in [5.74, 6) is 0. The smallest absolute Gasteiger partial charge is 0.0953 e. The Balaban J connectivity index is 1.93. The van der Waals surface area contributed by atoms with Crippen LogP contribution in [0.15, 0.2) is 12.5 Å². The fraction of sp³-hybridized carbons (Fsp3) is 0.700. The molecule has 0 bridgehead atoms. The van der Waals surface area contributed by atoms with E-state index in [2.05, 4.69) is 50.4 Å². The summed E-state index contributed by atoms with van der Waals surface area (Å²) in [6.45, 7) is 6.81. The van der Waals surface area contributed by atoms with Crippen molar-refractivity contribution in [3.8, 4) is 0 Å². The van der Waals surface area contributed by atoms with E-state index < -0.39 is 0 Å². The first-order valence-corrected chi connectivity index (χ1v) is 6.15. The molecule has 1 fully saturated rings. The number of aromatic nitrogens is 2. The van der Waals surface area contributed by atoms with E-state index in [-0.39, 0.29) is 0 Å². The zero-order valence-electron chi connectivity index (χ0n) is 8.65. The van der Waals surface area contributed by atoms with E-state index in [0.717, 1.165) is 24.1 Å². The zero-order chi connectivity index (χ0) is 10.1. The van der Waals surface area contributed by atoms with Crippen LogP contribution in [0.25, 0.3) is 0 Å². The summed E-state index contributed by atoms with van der Waals surface area (Å²) in [6, 6.07) is 1.31. The van der Waals surface area contributed by atoms with Crippen LogP contribution in [0.3, 0.4) is 0 Å². The molecule has 1 aliphatic heterocycles. The van der Waals surface area contributed by atoms with Crippen LogP contribution in [-0.2, 0) is 5.33 Å². The van der Waals surface area contributed by atoms with Gasteiger partial charge in [0.15, 0.2) is 0 Å². The second kappa shape index (κ2) is 4.03. The Hall–Kier alpha value is -0.350. The molecule has 0 aliphatic carbocycles. The van der Waals surface area contributed by atoms with E-state index in [1.165, 1.54) is 0 Å². The number of hydrogen-bond acceptors (Lipinski definition) is 2. The number of halogens is 1. The fourth-order valence-corrected chi connectivity index (χ4v) is 2.04. The molecule has 0 unspecified atom stereocenters. The molecule has 0 aromatic carbocycles. The molecule has 14 heavy (non-hydrogen) atoms. The molecule has 4 heteroatoms. The topological polar surface area (TPSA) is 21.1 Å². The van der Waals surface area contributed by atoms with Gasteiger partial charge in [-0.2, -0.15) is 0 Å². The number of rotatable bonds is 3. The van der Waals surface area contributed by atoms with Gasteiger partial charge in [-0.1, -0.05) is 15.9 Å². The second-order valence-corrected chi connectivity index (χ2v) is 4.71. The molecule has 0 spiro atoms. The van der Waals surface area contributed by atoms with Gasteiger partial charge in [0, 0.05) is 30.7 Å². The van der Waals surface area contributed by atoms with Gasteiger partial charge < -0.3 is 4.57 Å². The van der Waals surface area contributed by atoms with E-state index in [9.17, 15) is 0 Å². The minimum absolute atomic E-state index is 0.637. The van der Waals surface area contributed by atoms with Crippen LogP contribution >= 0.6 is 15.9 Å². The summed E-state index contributed by atoms with van der Waals surface area (Å²) >= 11 is 3.41. The molecular weight excluding hydrogens is 242 g/mol. The Morgan fingerprint density at radius 3 is 2.79 bits per heavy atom. The van der Waals surface area contributed by atoms with Crippen LogP contribution in [0.5, 0.6) is 0 Å². The summed E-state index contributed by atoms with van der Waals surface area (Å²) in [4.78, 5) is 6.78. The number of nitrogens with zero attached hydrogens (tertiary/aromatic N) is 3. The predicted molar refractivity (Wildman–Crippen MR) is 60.6 cm³/mol. The van der Waals surface area contributed by atoms with Gasteiger partial charge in [-0.3, -0.25) is 4.90 Å². The van der Waals surface area contributed by atoms with Crippen molar-refractivity contribution in [2.24, 2.45) is 0 Å². The minimum Gasteiger partial charge on any atom is -0.332 e. The molecule has 1 aromatic heterocycles. The van der Waals surface area contributed by atoms with Gasteiger partial charge in [0.25, 0.3) is 0 Å². The van der Waals surface area contributed by atoms with E-state index in [0.29, 0.717) is 12.1 Å². The highest BCUT2D eigenvalue weighted by molar-refractivity contribution is 9.08. The molecular formula is C10H16BrN3. The van der Waals surface area contributed by atoms with Gasteiger partial charge in [-0.15, -0.1) is 0 Å². The molecule has 3 nitrogen and oxygen atoms in total. The number of imidazole rings is 1. The maximum absolute atomic E-state index is 4.31. The summed E-state index contributed by atoms with van der Waals surface area (Å²) in [7, 11) is 0. The van der Waals surface area contributed by atoms with Gasteiger partial charge in [0.2, 0.25) is 0 Å². The molecule has 0 N–H and O–H groups in total. The van der Waals surface area contributed by atoms with Gasteiger partial charge in [0.05, 0.1) is 18.1 Å². The number of likely N-dealkylation sites (tertiary alicyclic amines) is 1. The maximum atomic E-state index is 4.31. The molecule has 78 valence electrons. The standard InChI is InChI=1S/C10H16BrN3/c1-8(2)13-5-10(6-13)14-4-9(3-11)12-7-14/h4,7-8,10H,3,5-6H2,1-2H3. The first kappa shape index (κ1) is 10.2. The Morgan fingerprint density at radius 2 is 2.29 bits per heavy atom. The van der Waals surface area contributed by atoms with Crippen LogP contribution in [0.4, 0.5) is 0 Å². The summed E-state index contributed by atoms with van der Waals surface area (Å²) < 4.78 is 2.23. The van der Waals surface area contributed by atoms with Crippen molar-refractivity contribution in [3.63, 3.8) is 0 Å². The summed E-state index contributed by atoms with van der Waals surface area (Å²) in [5, 5.41) is 0.848. The third-order valence-electron chi connectivity index (χ3n) is 2.83. The summed E-state index contributed by atoms with van der Waals surface area (Å²) in [5.41, 5.74) is 1.12. The summed E-state index contributed by atoms with van der Waals surface area (Å²) in [6.07, 6.45) is 4.08. The molecule has 0 saturated carbocycles. The van der Waals surface area contributed by atoms with E-state index in [1.54, 1.807) is 0 Å². The highest BCUT2D eigenvalue weighted by Gasteiger charge is 2.29. The number of alkyl halides is 1. The zero-order valence-corrected chi connectivity index (χ0v) is 10.2. The fourth-order valence-electron chi connectivity index (χ4n) is 1.75. The van der Waals surface area contributed by atoms with Crippen molar-refractivity contribution >= 4 is 15.9 Å². The van der Waals surface area contributed by atoms with Gasteiger partial charge in [0.1, 0.15) is 0 Å². The largest absolute Gasteiger partial charge is 0.332 e. The lowest BCUT2D eigenvalue weighted by Gasteiger charge is -2.42. The van der Waals surface area contributed by atoms with Crippen LogP contribution < -0.4 is 0 Å². The number of hydrogen-bond donors (Lipinski definition) is 0. The van der Waals surface area contributed by atoms with Crippen LogP contribution in [0, 0.1) is 0 Å². The lowest BCUT2D eigenvalue weighted by Crippen LogP contribution is -2.50. The molecule has 0 atom stereocenters. The molecule has 1 aliphatic rings. The molecule has 2 heterocycles. The maximum Gasteiger partial charge on any atom is 0.0953 e. The van der Waals surface area contributed by atoms with Crippen molar-refractivity contribution in [3.05, 3.63) is 18.2 Å². The lowest BCUT2D eigenvalue weighted by atomic mass is 10.1. The monoisotopic (exact) mass is 257 g/mol. The Labute approximate surface area is 93.2 Å². The molecule has 0 radical (unpaired) electrons. The van der Waals surface area contributed by atoms with Crippen LogP contribution in [-0.4, -0.2) is 33.6 Å². The quantitative estimate of drug-likeness (QED) is 0.774. The first-order valence-electron chi connectivity index (χ1n) is 5.03. The van der Waals surface area contributed by atoms with E-state index in [1.807, 2.05) is 6.33 Å². The SMILES string of the molecule is CC(C)N1CC(n2cnc(CBr)c2)C1. The highest BCUT2D eigenvalue weighted by atomic mass is 79.9. The average Bonchev–Trinajstić information content (AvgIpc) is 2.49. The van der Waals surface area contributed by atoms with Crippen molar-refractivity contribution in [2.45, 2.75) is 31.3 Å². The van der Waals surface area contributed by atoms with Crippen molar-refractivity contribution < 1.29 is 0 Å². The molecule has 1 saturated heterocycles. The van der Waals surface area contributed by atoms with Crippen LogP contribution in [0.2, 0.25) is 0 Å². The normalized spacial score (nSPS) is 18.9. The molecule has 0 amide bonds. The third kappa shape index (κ3) is 1.86. The highest BCUT2D eigenvalue weighted by Crippen LogP contribution is 2.23. The minimum atomic E-state index is 0.637. The van der Waals surface area contributed by atoms with Crippen molar-refractivity contribution in [1.82, 2.24) is 14.5 Å². The van der Waals surface area contributed by atoms with Gasteiger partial charge in [-0.25, -0.2) is 4.98 Å². The molecule has 2 rings (SSSR count). The van der Waals surface area contributed by atoms with Crippen LogP contribution in [0.1, 0.15) is 25.6 Å². The van der Waals surface area contributed by atoms with Crippen molar-refractivity contribution in [2.75, 3.05) is 13.1 Å². The lowest BCUT2D eigenvalue weighted by molar-refractivity contribution is 0.0743. The Kier molecular flexibility index (Phi) is 2.93. The Bertz CT molecular complexity index is 302. The predicted octanol–water partition coefficient (Wildman–Crippen LogP) is 2.04.